The van der Waals surface area contributed by atoms with Gasteiger partial charge in [-0.25, -0.2) is 0 Å². The van der Waals surface area contributed by atoms with Gasteiger partial charge in [-0.15, -0.1) is 0 Å². The minimum atomic E-state index is 0.272. The largest absolute Gasteiger partial charge is 0.507 e. The van der Waals surface area contributed by atoms with Gasteiger partial charge in [-0.3, -0.25) is 9.89 Å². The van der Waals surface area contributed by atoms with Crippen LogP contribution in [0.3, 0.4) is 0 Å². The van der Waals surface area contributed by atoms with Crippen LogP contribution in [0.25, 0.3) is 0 Å². The number of hydrogen-bond donors (Lipinski definition) is 1. The van der Waals surface area contributed by atoms with Crippen molar-refractivity contribution < 1.29 is 9.84 Å². The second kappa shape index (κ2) is 10.2. The number of aromatic hydroxyl groups is 1. The molecule has 0 saturated carbocycles. The molecule has 0 aliphatic carbocycles. The zero-order valence-electron chi connectivity index (χ0n) is 17.0. The standard InChI is InChI=1S/C23H31N3O2/c1-3-26(4-2)22-10-9-21(23(27)15-22)17-24-16-19-5-7-20(8-6-19)18-25-11-13-28-14-12-25/h5-10,15,17,27H,3-4,11-14,16,18H2,1-2H3. The van der Waals surface area contributed by atoms with Gasteiger partial charge >= 0.3 is 0 Å². The molecule has 1 aliphatic rings. The number of rotatable bonds is 8. The van der Waals surface area contributed by atoms with E-state index in [0.717, 1.165) is 57.2 Å². The lowest BCUT2D eigenvalue weighted by atomic mass is 10.1. The summed E-state index contributed by atoms with van der Waals surface area (Å²) in [4.78, 5) is 9.13. The highest BCUT2D eigenvalue weighted by molar-refractivity contribution is 5.84. The van der Waals surface area contributed by atoms with Gasteiger partial charge in [-0.05, 0) is 37.1 Å². The lowest BCUT2D eigenvalue weighted by molar-refractivity contribution is 0.0342. The summed E-state index contributed by atoms with van der Waals surface area (Å²) in [6.07, 6.45) is 1.75. The van der Waals surface area contributed by atoms with E-state index >= 15 is 0 Å². The van der Waals surface area contributed by atoms with E-state index in [1.54, 1.807) is 6.21 Å². The molecule has 0 bridgehead atoms. The van der Waals surface area contributed by atoms with E-state index in [4.69, 9.17) is 4.74 Å². The molecule has 2 aromatic carbocycles. The zero-order chi connectivity index (χ0) is 19.8. The predicted molar refractivity (Wildman–Crippen MR) is 116 cm³/mol. The number of aliphatic imine (C=N–C) groups is 1. The maximum atomic E-state index is 10.3. The summed E-state index contributed by atoms with van der Waals surface area (Å²) in [5.74, 6) is 0.272. The first-order valence-corrected chi connectivity index (χ1v) is 10.1. The van der Waals surface area contributed by atoms with Crippen LogP contribution in [-0.2, 0) is 17.8 Å². The molecule has 5 heteroatoms. The lowest BCUT2D eigenvalue weighted by Crippen LogP contribution is -2.35. The normalized spacial score (nSPS) is 15.2. The SMILES string of the molecule is CCN(CC)c1ccc(C=NCc2ccc(CN3CCOCC3)cc2)c(O)c1. The first kappa shape index (κ1) is 20.4. The second-order valence-corrected chi connectivity index (χ2v) is 7.09. The lowest BCUT2D eigenvalue weighted by Gasteiger charge is -2.26. The van der Waals surface area contributed by atoms with Crippen LogP contribution < -0.4 is 4.90 Å². The average Bonchev–Trinajstić information content (AvgIpc) is 2.72. The fourth-order valence-corrected chi connectivity index (χ4v) is 3.44. The number of phenols is 1. The third kappa shape index (κ3) is 5.57. The molecular formula is C23H31N3O2. The highest BCUT2D eigenvalue weighted by atomic mass is 16.5. The Balaban J connectivity index is 1.55. The number of anilines is 1. The van der Waals surface area contributed by atoms with Crippen LogP contribution in [0.5, 0.6) is 5.75 Å². The van der Waals surface area contributed by atoms with Gasteiger partial charge in [0.15, 0.2) is 0 Å². The van der Waals surface area contributed by atoms with Crippen molar-refractivity contribution in [3.8, 4) is 5.75 Å². The molecule has 0 aromatic heterocycles. The first-order chi connectivity index (χ1) is 13.7. The molecule has 0 atom stereocenters. The summed E-state index contributed by atoms with van der Waals surface area (Å²) < 4.78 is 5.40. The topological polar surface area (TPSA) is 48.3 Å². The molecule has 0 amide bonds. The van der Waals surface area contributed by atoms with E-state index in [-0.39, 0.29) is 5.75 Å². The third-order valence-electron chi connectivity index (χ3n) is 5.18. The summed E-state index contributed by atoms with van der Waals surface area (Å²) in [5.41, 5.74) is 4.27. The Labute approximate surface area is 168 Å². The van der Waals surface area contributed by atoms with Crippen molar-refractivity contribution in [1.82, 2.24) is 4.90 Å². The van der Waals surface area contributed by atoms with Gasteiger partial charge in [0.25, 0.3) is 0 Å². The summed E-state index contributed by atoms with van der Waals surface area (Å²) in [5, 5.41) is 10.3. The maximum absolute atomic E-state index is 10.3. The molecular weight excluding hydrogens is 350 g/mol. The number of benzene rings is 2. The molecule has 1 aliphatic heterocycles. The van der Waals surface area contributed by atoms with Crippen molar-refractivity contribution in [2.75, 3.05) is 44.3 Å². The van der Waals surface area contributed by atoms with Crippen LogP contribution in [0.1, 0.15) is 30.5 Å². The van der Waals surface area contributed by atoms with Crippen LogP contribution in [0.4, 0.5) is 5.69 Å². The average molecular weight is 382 g/mol. The molecule has 1 fully saturated rings. The van der Waals surface area contributed by atoms with Gasteiger partial charge < -0.3 is 14.7 Å². The van der Waals surface area contributed by atoms with Crippen LogP contribution in [0.2, 0.25) is 0 Å². The number of phenolic OH excluding ortho intramolecular Hbond substituents is 1. The second-order valence-electron chi connectivity index (χ2n) is 7.09. The Hall–Kier alpha value is -2.37. The van der Waals surface area contributed by atoms with Gasteiger partial charge in [-0.1, -0.05) is 24.3 Å². The predicted octanol–water partition coefficient (Wildman–Crippen LogP) is 3.69. The monoisotopic (exact) mass is 381 g/mol. The fraction of sp³-hybridized carbons (Fsp3) is 0.435. The van der Waals surface area contributed by atoms with Gasteiger partial charge in [0.05, 0.1) is 19.8 Å². The number of nitrogens with zero attached hydrogens (tertiary/aromatic N) is 3. The summed E-state index contributed by atoms with van der Waals surface area (Å²) in [6.45, 7) is 11.3. The van der Waals surface area contributed by atoms with Gasteiger partial charge in [-0.2, -0.15) is 0 Å². The van der Waals surface area contributed by atoms with E-state index in [0.29, 0.717) is 6.54 Å². The van der Waals surface area contributed by atoms with E-state index in [1.807, 2.05) is 18.2 Å². The number of ether oxygens (including phenoxy) is 1. The molecule has 1 N–H and O–H groups in total. The van der Waals surface area contributed by atoms with Crippen molar-refractivity contribution in [2.45, 2.75) is 26.9 Å². The van der Waals surface area contributed by atoms with Crippen molar-refractivity contribution in [3.63, 3.8) is 0 Å². The summed E-state index contributed by atoms with van der Waals surface area (Å²) >= 11 is 0. The molecule has 5 nitrogen and oxygen atoms in total. The first-order valence-electron chi connectivity index (χ1n) is 10.1. The van der Waals surface area contributed by atoms with E-state index in [9.17, 15) is 5.11 Å². The maximum Gasteiger partial charge on any atom is 0.126 e. The molecule has 1 saturated heterocycles. The summed E-state index contributed by atoms with van der Waals surface area (Å²) in [7, 11) is 0. The fourth-order valence-electron chi connectivity index (χ4n) is 3.44. The molecule has 2 aromatic rings. The van der Waals surface area contributed by atoms with Crippen LogP contribution >= 0.6 is 0 Å². The van der Waals surface area contributed by atoms with Crippen LogP contribution in [-0.4, -0.2) is 55.6 Å². The Morgan fingerprint density at radius 3 is 2.36 bits per heavy atom. The number of morpholine rings is 1. The van der Waals surface area contributed by atoms with Gasteiger partial charge in [0.2, 0.25) is 0 Å². The van der Waals surface area contributed by atoms with Gasteiger partial charge in [0, 0.05) is 56.3 Å². The van der Waals surface area contributed by atoms with Crippen molar-refractivity contribution in [1.29, 1.82) is 0 Å². The van der Waals surface area contributed by atoms with Crippen molar-refractivity contribution in [3.05, 3.63) is 59.2 Å². The minimum absolute atomic E-state index is 0.272. The number of hydrogen-bond acceptors (Lipinski definition) is 5. The van der Waals surface area contributed by atoms with Crippen molar-refractivity contribution >= 4 is 11.9 Å². The molecule has 28 heavy (non-hydrogen) atoms. The highest BCUT2D eigenvalue weighted by Gasteiger charge is 2.10. The van der Waals surface area contributed by atoms with Crippen LogP contribution in [0, 0.1) is 0 Å². The molecule has 150 valence electrons. The Kier molecular flexibility index (Phi) is 7.46. The quantitative estimate of drug-likeness (QED) is 0.709. The van der Waals surface area contributed by atoms with Crippen LogP contribution in [0.15, 0.2) is 47.5 Å². The summed E-state index contributed by atoms with van der Waals surface area (Å²) in [6, 6.07) is 14.4. The van der Waals surface area contributed by atoms with Crippen molar-refractivity contribution in [2.24, 2.45) is 4.99 Å². The zero-order valence-corrected chi connectivity index (χ0v) is 17.0. The molecule has 1 heterocycles. The van der Waals surface area contributed by atoms with E-state index < -0.39 is 0 Å². The minimum Gasteiger partial charge on any atom is -0.507 e. The van der Waals surface area contributed by atoms with E-state index in [2.05, 4.69) is 52.9 Å². The molecule has 0 spiro atoms. The third-order valence-corrected chi connectivity index (χ3v) is 5.18. The highest BCUT2D eigenvalue weighted by Crippen LogP contribution is 2.23. The Morgan fingerprint density at radius 1 is 1.04 bits per heavy atom. The molecule has 0 radical (unpaired) electrons. The van der Waals surface area contributed by atoms with Gasteiger partial charge in [0.1, 0.15) is 5.75 Å². The Bertz CT molecular complexity index is 764. The molecule has 3 rings (SSSR count). The molecule has 0 unspecified atom stereocenters. The van der Waals surface area contributed by atoms with E-state index in [1.165, 1.54) is 11.1 Å². The Morgan fingerprint density at radius 2 is 1.71 bits per heavy atom. The smallest absolute Gasteiger partial charge is 0.126 e.